The molecule has 1 heterocycles. The third-order valence-corrected chi connectivity index (χ3v) is 4.65. The normalized spacial score (nSPS) is 16.3. The van der Waals surface area contributed by atoms with Crippen LogP contribution in [0.3, 0.4) is 0 Å². The van der Waals surface area contributed by atoms with Crippen molar-refractivity contribution in [2.45, 2.75) is 31.7 Å². The molecule has 1 aromatic rings. The molecule has 0 spiro atoms. The van der Waals surface area contributed by atoms with Crippen molar-refractivity contribution in [2.75, 3.05) is 0 Å². The van der Waals surface area contributed by atoms with Crippen molar-refractivity contribution in [3.63, 3.8) is 0 Å². The van der Waals surface area contributed by atoms with E-state index in [-0.39, 0.29) is 11.8 Å². The molecule has 2 N–H and O–H groups in total. The van der Waals surface area contributed by atoms with Gasteiger partial charge in [-0.05, 0) is 47.2 Å². The molecule has 18 heavy (non-hydrogen) atoms. The first-order valence-corrected chi connectivity index (χ1v) is 7.48. The van der Waals surface area contributed by atoms with Crippen LogP contribution in [0.4, 0.5) is 0 Å². The Morgan fingerprint density at radius 3 is 2.78 bits per heavy atom. The van der Waals surface area contributed by atoms with E-state index >= 15 is 0 Å². The fraction of sp³-hybridized carbons (Fsp3) is 0.500. The van der Waals surface area contributed by atoms with E-state index in [1.165, 1.54) is 0 Å². The number of amides is 1. The average molecular weight is 332 g/mol. The first kappa shape index (κ1) is 13.5. The molecule has 4 nitrogen and oxygen atoms in total. The predicted octanol–water partition coefficient (Wildman–Crippen LogP) is 2.42. The highest BCUT2D eigenvalue weighted by Crippen LogP contribution is 2.32. The standard InChI is InChI=1S/C12H14BrNO3S/c13-8-5-9(18-6-8)3-4-10(15)14-11(12(16)17)7-1-2-7/h5-7,11H,1-4H2,(H,14,15)(H,16,17). The lowest BCUT2D eigenvalue weighted by molar-refractivity contribution is -0.142. The summed E-state index contributed by atoms with van der Waals surface area (Å²) in [6.45, 7) is 0. The smallest absolute Gasteiger partial charge is 0.326 e. The van der Waals surface area contributed by atoms with Gasteiger partial charge in [0.2, 0.25) is 5.91 Å². The summed E-state index contributed by atoms with van der Waals surface area (Å²) in [4.78, 5) is 23.8. The minimum Gasteiger partial charge on any atom is -0.480 e. The number of halogens is 1. The Bertz CT molecular complexity index is 456. The van der Waals surface area contributed by atoms with Crippen LogP contribution in [-0.4, -0.2) is 23.0 Å². The molecule has 1 aromatic heterocycles. The zero-order chi connectivity index (χ0) is 13.1. The molecule has 6 heteroatoms. The Morgan fingerprint density at radius 2 is 2.28 bits per heavy atom. The maximum Gasteiger partial charge on any atom is 0.326 e. The summed E-state index contributed by atoms with van der Waals surface area (Å²) >= 11 is 4.95. The summed E-state index contributed by atoms with van der Waals surface area (Å²) in [6, 6.07) is 1.28. The summed E-state index contributed by atoms with van der Waals surface area (Å²) in [5.74, 6) is -0.981. The molecular formula is C12H14BrNO3S. The monoisotopic (exact) mass is 331 g/mol. The third kappa shape index (κ3) is 3.81. The fourth-order valence-corrected chi connectivity index (χ4v) is 3.23. The maximum absolute atomic E-state index is 11.7. The topological polar surface area (TPSA) is 66.4 Å². The third-order valence-electron chi connectivity index (χ3n) is 2.90. The molecule has 98 valence electrons. The van der Waals surface area contributed by atoms with Crippen LogP contribution < -0.4 is 5.32 Å². The maximum atomic E-state index is 11.7. The molecule has 2 rings (SSSR count). The highest BCUT2D eigenvalue weighted by molar-refractivity contribution is 9.10. The second kappa shape index (κ2) is 5.84. The number of carboxylic acids is 1. The van der Waals surface area contributed by atoms with Crippen LogP contribution >= 0.6 is 27.3 Å². The highest BCUT2D eigenvalue weighted by atomic mass is 79.9. The number of hydrogen-bond donors (Lipinski definition) is 2. The van der Waals surface area contributed by atoms with Crippen molar-refractivity contribution in [1.29, 1.82) is 0 Å². The van der Waals surface area contributed by atoms with Gasteiger partial charge in [0.05, 0.1) is 0 Å². The molecule has 1 amide bonds. The van der Waals surface area contributed by atoms with Crippen LogP contribution in [-0.2, 0) is 16.0 Å². The Hall–Kier alpha value is -0.880. The average Bonchev–Trinajstić information content (AvgIpc) is 3.06. The van der Waals surface area contributed by atoms with Crippen LogP contribution in [0.25, 0.3) is 0 Å². The van der Waals surface area contributed by atoms with Crippen molar-refractivity contribution in [3.05, 3.63) is 20.8 Å². The number of rotatable bonds is 6. The lowest BCUT2D eigenvalue weighted by Crippen LogP contribution is -2.42. The van der Waals surface area contributed by atoms with Gasteiger partial charge in [-0.2, -0.15) is 0 Å². The van der Waals surface area contributed by atoms with Crippen LogP contribution in [0.5, 0.6) is 0 Å². The van der Waals surface area contributed by atoms with Gasteiger partial charge in [0.25, 0.3) is 0 Å². The molecule has 0 bridgehead atoms. The molecule has 1 aliphatic rings. The second-order valence-corrected chi connectivity index (χ2v) is 6.36. The van der Waals surface area contributed by atoms with Gasteiger partial charge < -0.3 is 10.4 Å². The van der Waals surface area contributed by atoms with Crippen LogP contribution in [0.15, 0.2) is 15.9 Å². The van der Waals surface area contributed by atoms with Crippen LogP contribution in [0.1, 0.15) is 24.1 Å². The largest absolute Gasteiger partial charge is 0.480 e. The van der Waals surface area contributed by atoms with Crippen LogP contribution in [0, 0.1) is 5.92 Å². The molecule has 1 atom stereocenters. The fourth-order valence-electron chi connectivity index (χ4n) is 1.78. The van der Waals surface area contributed by atoms with E-state index in [2.05, 4.69) is 21.2 Å². The summed E-state index contributed by atoms with van der Waals surface area (Å²) in [6.07, 6.45) is 2.78. The predicted molar refractivity (Wildman–Crippen MR) is 72.6 cm³/mol. The first-order valence-electron chi connectivity index (χ1n) is 5.81. The first-order chi connectivity index (χ1) is 8.56. The van der Waals surface area contributed by atoms with Gasteiger partial charge in [0.1, 0.15) is 6.04 Å². The van der Waals surface area contributed by atoms with Gasteiger partial charge in [-0.3, -0.25) is 4.79 Å². The van der Waals surface area contributed by atoms with E-state index < -0.39 is 12.0 Å². The van der Waals surface area contributed by atoms with Crippen molar-refractivity contribution in [2.24, 2.45) is 5.92 Å². The van der Waals surface area contributed by atoms with E-state index in [4.69, 9.17) is 5.11 Å². The van der Waals surface area contributed by atoms with E-state index in [0.717, 1.165) is 22.2 Å². The molecule has 0 saturated heterocycles. The lowest BCUT2D eigenvalue weighted by atomic mass is 10.1. The van der Waals surface area contributed by atoms with Gasteiger partial charge in [0.15, 0.2) is 0 Å². The van der Waals surface area contributed by atoms with Gasteiger partial charge in [-0.25, -0.2) is 4.79 Å². The number of carbonyl (C=O) groups is 2. The number of hydrogen-bond acceptors (Lipinski definition) is 3. The molecule has 0 aromatic carbocycles. The summed E-state index contributed by atoms with van der Waals surface area (Å²) in [5.41, 5.74) is 0. The van der Waals surface area contributed by atoms with E-state index in [0.29, 0.717) is 12.8 Å². The molecule has 1 saturated carbocycles. The van der Waals surface area contributed by atoms with Gasteiger partial charge in [-0.1, -0.05) is 0 Å². The zero-order valence-electron chi connectivity index (χ0n) is 9.69. The summed E-state index contributed by atoms with van der Waals surface area (Å²) in [7, 11) is 0. The van der Waals surface area contributed by atoms with Gasteiger partial charge in [0, 0.05) is 21.2 Å². The number of carbonyl (C=O) groups excluding carboxylic acids is 1. The minimum absolute atomic E-state index is 0.127. The zero-order valence-corrected chi connectivity index (χ0v) is 12.1. The molecule has 1 fully saturated rings. The lowest BCUT2D eigenvalue weighted by Gasteiger charge is -2.13. The molecular weight excluding hydrogens is 318 g/mol. The summed E-state index contributed by atoms with van der Waals surface area (Å²) < 4.78 is 1.02. The van der Waals surface area contributed by atoms with E-state index in [1.54, 1.807) is 11.3 Å². The van der Waals surface area contributed by atoms with E-state index in [1.807, 2.05) is 11.4 Å². The Balaban J connectivity index is 1.79. The number of aryl methyl sites for hydroxylation is 1. The molecule has 0 radical (unpaired) electrons. The Labute approximate surface area is 118 Å². The SMILES string of the molecule is O=C(CCc1cc(Br)cs1)NC(C(=O)O)C1CC1. The Kier molecular flexibility index (Phi) is 4.40. The number of carboxylic acid groups (broad SMARTS) is 1. The van der Waals surface area contributed by atoms with Crippen LogP contribution in [0.2, 0.25) is 0 Å². The minimum atomic E-state index is -0.926. The van der Waals surface area contributed by atoms with E-state index in [9.17, 15) is 9.59 Å². The van der Waals surface area contributed by atoms with Crippen molar-refractivity contribution < 1.29 is 14.7 Å². The van der Waals surface area contributed by atoms with Crippen molar-refractivity contribution in [3.8, 4) is 0 Å². The molecule has 1 aliphatic carbocycles. The van der Waals surface area contributed by atoms with Crippen molar-refractivity contribution in [1.82, 2.24) is 5.32 Å². The quantitative estimate of drug-likeness (QED) is 0.841. The Morgan fingerprint density at radius 1 is 1.56 bits per heavy atom. The highest BCUT2D eigenvalue weighted by Gasteiger charge is 2.37. The molecule has 1 unspecified atom stereocenters. The summed E-state index contributed by atoms with van der Waals surface area (Å²) in [5, 5.41) is 13.6. The van der Waals surface area contributed by atoms with Crippen molar-refractivity contribution >= 4 is 39.1 Å². The second-order valence-electron chi connectivity index (χ2n) is 4.45. The van der Waals surface area contributed by atoms with Gasteiger partial charge in [-0.15, -0.1) is 11.3 Å². The number of thiophene rings is 1. The van der Waals surface area contributed by atoms with Gasteiger partial charge >= 0.3 is 5.97 Å². The molecule has 0 aliphatic heterocycles. The number of aliphatic carboxylic acids is 1. The number of nitrogens with one attached hydrogen (secondary N) is 1.